The molecule has 0 aliphatic heterocycles. The number of rotatable bonds is 6. The fourth-order valence-corrected chi connectivity index (χ4v) is 34.9. The van der Waals surface area contributed by atoms with E-state index in [-0.39, 0.29) is 63.0 Å². The Kier molecular flexibility index (Phi) is 19.2. The molecule has 15 aliphatic rings. The molecule has 0 saturated heterocycles. The number of carbonyl (C=O) groups is 2. The van der Waals surface area contributed by atoms with Crippen molar-refractivity contribution < 1.29 is 35.1 Å². The molecule has 15 aliphatic carbocycles. The van der Waals surface area contributed by atoms with Gasteiger partial charge >= 0.3 is 5.97 Å². The van der Waals surface area contributed by atoms with Crippen LogP contribution in [0.2, 0.25) is 0 Å². The van der Waals surface area contributed by atoms with E-state index in [1.165, 1.54) is 140 Å². The van der Waals surface area contributed by atoms with E-state index >= 15 is 0 Å². The highest BCUT2D eigenvalue weighted by molar-refractivity contribution is 5.85. The monoisotopic (exact) mass is 1360 g/mol. The third kappa shape index (κ3) is 9.91. The number of carbonyl (C=O) groups excluding carboxylic acids is 1. The molecule has 0 radical (unpaired) electrons. The van der Waals surface area contributed by atoms with Gasteiger partial charge in [0.1, 0.15) is 5.78 Å². The Morgan fingerprint density at radius 2 is 0.796 bits per heavy atom. The number of aliphatic hydroxyl groups excluding tert-OH is 4. The number of hydrogen-bond donors (Lipinski definition) is 5. The van der Waals surface area contributed by atoms with Crippen LogP contribution in [-0.4, -0.2) is 62.7 Å². The SMILES string of the molecule is C.C=C(C)[C@@H]1CC[C@]2(CO)CC[C@]3(C)C(CCC4[C@@]5(C)CC[C@H](O)C(C)(C)C5CC[C@]43C)C12.CC(C)[C@@H]1CC[C@]2(C(=O)O)CC[C@]3(C)C(CCC4[C@@]5(C)CCC(=O)C(C)(C)C5CC[C@]43C)C12.CC(C)[C@@H]1CC[C@]2(CO)CC[C@]3(C)C(CCC4[C@@]5(C)CC[C@H](O)C(C)(C)C5CC[C@]43C)C12. The molecule has 0 amide bonds. The highest BCUT2D eigenvalue weighted by Crippen LogP contribution is 2.82. The first kappa shape index (κ1) is 76.4. The highest BCUT2D eigenvalue weighted by atomic mass is 16.4. The molecular weight excluding hydrogens is 1200 g/mol. The van der Waals surface area contributed by atoms with E-state index in [1.54, 1.807) is 0 Å². The summed E-state index contributed by atoms with van der Waals surface area (Å²) >= 11 is 0. The van der Waals surface area contributed by atoms with Crippen molar-refractivity contribution in [2.24, 2.45) is 182 Å². The standard InChI is InChI=1S/C30H48O3.C30H52O2.C30H50O2.CH4/c1-18(2)19-10-15-30(25(32)33)17-16-28(6)20(24(19)30)8-9-22-27(5)13-12-23(31)26(3,4)21(27)11-14-29(22,28)7;2*1-19(2)20-10-15-30(18-31)17-16-28(6)21(25(20)30)8-9-23-27(5)13-12-24(32)26(3,4)22(27)11-14-29(23,28)7;/h18-22,24H,8-17H2,1-7H3,(H,32,33);19-25,31-32H,8-18H2,1-7H3;20-25,31-32H,1,8-18H2,2-7H3;1H4/t19-,20?,21?,22?,24?,27-,28+,29+,30-;2*20-,21?,22?,23?,24-,25?,27-,28+,29+,30+;/m000./s1. The fraction of sp³-hybridized carbons (Fsp3) is 0.956. The maximum absolute atomic E-state index is 12.9. The van der Waals surface area contributed by atoms with Gasteiger partial charge in [-0.2, -0.15) is 0 Å². The van der Waals surface area contributed by atoms with Gasteiger partial charge in [0.25, 0.3) is 0 Å². The van der Waals surface area contributed by atoms with E-state index in [2.05, 4.69) is 145 Å². The van der Waals surface area contributed by atoms with Gasteiger partial charge in [-0.25, -0.2) is 0 Å². The minimum Gasteiger partial charge on any atom is -0.481 e. The largest absolute Gasteiger partial charge is 0.481 e. The lowest BCUT2D eigenvalue weighted by atomic mass is 9.32. The van der Waals surface area contributed by atoms with Crippen molar-refractivity contribution in [2.75, 3.05) is 13.2 Å². The Hall–Kier alpha value is -1.28. The lowest BCUT2D eigenvalue weighted by Crippen LogP contribution is -2.66. The number of ketones is 1. The van der Waals surface area contributed by atoms with Gasteiger partial charge in [0.2, 0.25) is 0 Å². The Balaban J connectivity index is 0.000000139. The summed E-state index contributed by atoms with van der Waals surface area (Å²) in [7, 11) is 0. The lowest BCUT2D eigenvalue weighted by Gasteiger charge is -2.73. The molecule has 15 fully saturated rings. The van der Waals surface area contributed by atoms with Crippen LogP contribution >= 0.6 is 0 Å². The second-order valence-electron chi connectivity index (χ2n) is 44.4. The number of carboxylic acids is 1. The van der Waals surface area contributed by atoms with Crippen LogP contribution in [0.5, 0.6) is 0 Å². The number of aliphatic carboxylic acids is 1. The van der Waals surface area contributed by atoms with E-state index in [9.17, 15) is 35.1 Å². The molecule has 0 spiro atoms. The Labute approximate surface area is 601 Å². The van der Waals surface area contributed by atoms with Crippen LogP contribution in [0, 0.1) is 182 Å². The van der Waals surface area contributed by atoms with Gasteiger partial charge in [-0.05, 0) is 364 Å². The number of carboxylic acid groups (broad SMARTS) is 1. The second-order valence-corrected chi connectivity index (χ2v) is 44.4. The average molecular weight is 1360 g/mol. The third-order valence-corrected chi connectivity index (χ3v) is 40.9. The minimum atomic E-state index is -0.506. The van der Waals surface area contributed by atoms with E-state index in [4.69, 9.17) is 0 Å². The fourth-order valence-electron chi connectivity index (χ4n) is 34.9. The molecule has 15 rings (SSSR count). The summed E-state index contributed by atoms with van der Waals surface area (Å²) < 4.78 is 0. The minimum absolute atomic E-state index is 0. The topological polar surface area (TPSA) is 135 Å². The average Bonchev–Trinajstić information content (AvgIpc) is 1.05. The molecule has 0 heterocycles. The zero-order valence-electron chi connectivity index (χ0n) is 66.4. The molecule has 29 atom stereocenters. The van der Waals surface area contributed by atoms with Crippen molar-refractivity contribution in [1.82, 2.24) is 0 Å². The van der Waals surface area contributed by atoms with Gasteiger partial charge in [0.15, 0.2) is 0 Å². The molecule has 0 aromatic carbocycles. The van der Waals surface area contributed by atoms with Crippen molar-refractivity contribution in [3.8, 4) is 0 Å². The predicted molar refractivity (Wildman–Crippen MR) is 403 cm³/mol. The number of aliphatic hydroxyl groups is 4. The maximum atomic E-state index is 12.9. The maximum Gasteiger partial charge on any atom is 0.309 e. The predicted octanol–water partition coefficient (Wildman–Crippen LogP) is 22.1. The molecule has 0 bridgehead atoms. The van der Waals surface area contributed by atoms with Gasteiger partial charge in [-0.15, -0.1) is 0 Å². The summed E-state index contributed by atoms with van der Waals surface area (Å²) in [5.41, 5.74) is 3.99. The van der Waals surface area contributed by atoms with E-state index < -0.39 is 11.4 Å². The number of Topliss-reactive ketones (excluding diaryl/α,β-unsaturated/α-hetero) is 1. The van der Waals surface area contributed by atoms with Crippen LogP contribution in [0.25, 0.3) is 0 Å². The normalized spacial score (nSPS) is 54.9. The first-order valence-corrected chi connectivity index (χ1v) is 42.0. The zero-order valence-corrected chi connectivity index (χ0v) is 66.4. The third-order valence-electron chi connectivity index (χ3n) is 40.9. The molecular formula is C91H154O7. The molecule has 5 N–H and O–H groups in total. The van der Waals surface area contributed by atoms with Crippen LogP contribution in [0.15, 0.2) is 12.2 Å². The smallest absolute Gasteiger partial charge is 0.309 e. The van der Waals surface area contributed by atoms with Gasteiger partial charge in [0.05, 0.1) is 17.6 Å². The van der Waals surface area contributed by atoms with Gasteiger partial charge in [-0.1, -0.05) is 151 Å². The Morgan fingerprint density at radius 1 is 0.418 bits per heavy atom. The second kappa shape index (κ2) is 24.6. The summed E-state index contributed by atoms with van der Waals surface area (Å²) in [6.45, 7) is 54.6. The Morgan fingerprint density at radius 3 is 1.22 bits per heavy atom. The van der Waals surface area contributed by atoms with E-state index in [0.29, 0.717) is 111 Å². The molecule has 98 heavy (non-hydrogen) atoms. The summed E-state index contributed by atoms with van der Waals surface area (Å²) in [6, 6.07) is 0. The number of fused-ring (bicyclic) bond motifs is 21. The molecule has 7 nitrogen and oxygen atoms in total. The van der Waals surface area contributed by atoms with Crippen LogP contribution in [0.1, 0.15) is 339 Å². The van der Waals surface area contributed by atoms with Gasteiger partial charge in [0, 0.05) is 25.0 Å². The van der Waals surface area contributed by atoms with Crippen molar-refractivity contribution in [2.45, 2.75) is 351 Å². The zero-order chi connectivity index (χ0) is 70.8. The van der Waals surface area contributed by atoms with Crippen molar-refractivity contribution in [1.29, 1.82) is 0 Å². The molecule has 7 heteroatoms. The van der Waals surface area contributed by atoms with Crippen LogP contribution in [0.4, 0.5) is 0 Å². The van der Waals surface area contributed by atoms with Crippen molar-refractivity contribution in [3.05, 3.63) is 12.2 Å². The molecule has 12 unspecified atom stereocenters. The quantitative estimate of drug-likeness (QED) is 0.167. The molecule has 0 aromatic heterocycles. The first-order chi connectivity index (χ1) is 45.0. The highest BCUT2D eigenvalue weighted by Gasteiger charge is 2.76. The summed E-state index contributed by atoms with van der Waals surface area (Å²) in [6.07, 6.45) is 35.3. The van der Waals surface area contributed by atoms with Crippen molar-refractivity contribution in [3.63, 3.8) is 0 Å². The lowest BCUT2D eigenvalue weighted by molar-refractivity contribution is -0.251. The number of hydrogen-bond acceptors (Lipinski definition) is 6. The number of allylic oxidation sites excluding steroid dienone is 1. The summed E-state index contributed by atoms with van der Waals surface area (Å²) in [5, 5.41) is 53.6. The molecule has 15 saturated carbocycles. The van der Waals surface area contributed by atoms with Crippen LogP contribution in [0.3, 0.4) is 0 Å². The van der Waals surface area contributed by atoms with Crippen molar-refractivity contribution >= 4 is 11.8 Å². The first-order valence-electron chi connectivity index (χ1n) is 42.0. The van der Waals surface area contributed by atoms with Gasteiger partial charge < -0.3 is 25.5 Å². The molecule has 560 valence electrons. The Bertz CT molecular complexity index is 3010. The van der Waals surface area contributed by atoms with Gasteiger partial charge in [-0.3, -0.25) is 9.59 Å². The van der Waals surface area contributed by atoms with E-state index in [1.807, 2.05) is 0 Å². The van der Waals surface area contributed by atoms with Crippen LogP contribution < -0.4 is 0 Å². The van der Waals surface area contributed by atoms with Crippen LogP contribution in [-0.2, 0) is 9.59 Å². The summed E-state index contributed by atoms with van der Waals surface area (Å²) in [5.74, 6) is 10.8. The van der Waals surface area contributed by atoms with E-state index in [0.717, 1.165) is 99.2 Å². The molecule has 0 aromatic rings. The summed E-state index contributed by atoms with van der Waals surface area (Å²) in [4.78, 5) is 25.7.